The van der Waals surface area contributed by atoms with Gasteiger partial charge in [0.2, 0.25) is 0 Å². The molecule has 0 fully saturated rings. The number of aliphatic imine (C=N–C) groups is 1. The van der Waals surface area contributed by atoms with Crippen molar-refractivity contribution < 1.29 is 4.39 Å². The van der Waals surface area contributed by atoms with Gasteiger partial charge in [-0.25, -0.2) is 4.39 Å². The van der Waals surface area contributed by atoms with E-state index in [0.29, 0.717) is 11.4 Å². The number of nitrogens with one attached hydrogen (secondary N) is 1. The van der Waals surface area contributed by atoms with E-state index in [0.717, 1.165) is 11.1 Å². The van der Waals surface area contributed by atoms with Crippen molar-refractivity contribution in [2.24, 2.45) is 4.99 Å². The monoisotopic (exact) mass is 316 g/mol. The molecule has 1 heterocycles. The Hall–Kier alpha value is -2.94. The van der Waals surface area contributed by atoms with Crippen LogP contribution in [0.2, 0.25) is 0 Å². The summed E-state index contributed by atoms with van der Waals surface area (Å²) < 4.78 is 14.2. The molecule has 2 nitrogen and oxygen atoms in total. The quantitative estimate of drug-likeness (QED) is 0.747. The summed E-state index contributed by atoms with van der Waals surface area (Å²) in [6.07, 6.45) is 0. The zero-order valence-electron chi connectivity index (χ0n) is 13.1. The average Bonchev–Trinajstić information content (AvgIpc) is 3.09. The molecule has 118 valence electrons. The van der Waals surface area contributed by atoms with Crippen LogP contribution in [0.3, 0.4) is 0 Å². The fourth-order valence-electron chi connectivity index (χ4n) is 3.12. The number of rotatable bonds is 3. The molecule has 0 saturated carbocycles. The van der Waals surface area contributed by atoms with Gasteiger partial charge in [-0.2, -0.15) is 0 Å². The van der Waals surface area contributed by atoms with E-state index in [9.17, 15) is 4.39 Å². The normalized spacial score (nSPS) is 19.6. The summed E-state index contributed by atoms with van der Waals surface area (Å²) >= 11 is 0. The van der Waals surface area contributed by atoms with Gasteiger partial charge in [-0.05, 0) is 23.3 Å². The molecule has 24 heavy (non-hydrogen) atoms. The zero-order valence-corrected chi connectivity index (χ0v) is 13.1. The lowest BCUT2D eigenvalue weighted by molar-refractivity contribution is 0.571. The fraction of sp³-hybridized carbons (Fsp3) is 0.0952. The van der Waals surface area contributed by atoms with Crippen molar-refractivity contribution in [1.29, 1.82) is 0 Å². The first-order chi connectivity index (χ1) is 11.8. The minimum Gasteiger partial charge on any atom is -0.360 e. The van der Waals surface area contributed by atoms with Gasteiger partial charge in [-0.1, -0.05) is 72.8 Å². The summed E-state index contributed by atoms with van der Waals surface area (Å²) in [6.45, 7) is 0. The second kappa shape index (κ2) is 6.28. The largest absolute Gasteiger partial charge is 0.360 e. The van der Waals surface area contributed by atoms with Gasteiger partial charge in [0.05, 0.1) is 11.6 Å². The van der Waals surface area contributed by atoms with Crippen LogP contribution in [0.5, 0.6) is 0 Å². The number of hydrogen-bond acceptors (Lipinski definition) is 2. The van der Waals surface area contributed by atoms with E-state index in [2.05, 4.69) is 29.6 Å². The molecular formula is C21H17FN2. The lowest BCUT2D eigenvalue weighted by Gasteiger charge is -2.19. The molecule has 0 amide bonds. The van der Waals surface area contributed by atoms with E-state index in [1.165, 1.54) is 6.07 Å². The van der Waals surface area contributed by atoms with Crippen molar-refractivity contribution >= 4 is 5.84 Å². The Labute approximate surface area is 140 Å². The molecule has 1 aliphatic heterocycles. The molecule has 1 aliphatic rings. The second-order valence-corrected chi connectivity index (χ2v) is 5.85. The first-order valence-corrected chi connectivity index (χ1v) is 8.02. The molecule has 0 unspecified atom stereocenters. The third-order valence-corrected chi connectivity index (χ3v) is 4.30. The Bertz CT molecular complexity index is 859. The lowest BCUT2D eigenvalue weighted by atomic mass is 9.95. The average molecular weight is 316 g/mol. The van der Waals surface area contributed by atoms with Crippen LogP contribution in [-0.4, -0.2) is 5.84 Å². The van der Waals surface area contributed by atoms with E-state index >= 15 is 0 Å². The second-order valence-electron chi connectivity index (χ2n) is 5.85. The number of nitrogens with zero attached hydrogens (tertiary/aromatic N) is 1. The molecule has 0 bridgehead atoms. The van der Waals surface area contributed by atoms with Crippen molar-refractivity contribution in [2.75, 3.05) is 0 Å². The van der Waals surface area contributed by atoms with Gasteiger partial charge < -0.3 is 5.32 Å². The van der Waals surface area contributed by atoms with Gasteiger partial charge in [0, 0.05) is 0 Å². The Morgan fingerprint density at radius 2 is 1.29 bits per heavy atom. The van der Waals surface area contributed by atoms with E-state index < -0.39 is 0 Å². The van der Waals surface area contributed by atoms with Crippen molar-refractivity contribution in [3.63, 3.8) is 0 Å². The van der Waals surface area contributed by atoms with Crippen LogP contribution >= 0.6 is 0 Å². The summed E-state index contributed by atoms with van der Waals surface area (Å²) in [5.41, 5.74) is 2.77. The van der Waals surface area contributed by atoms with Crippen LogP contribution in [0.25, 0.3) is 0 Å². The van der Waals surface area contributed by atoms with Crippen LogP contribution < -0.4 is 5.32 Å². The molecular weight excluding hydrogens is 299 g/mol. The standard InChI is InChI=1S/C21H17FN2/c22-18-14-8-7-13-17(18)21-23-19(15-9-3-1-4-10-15)20(24-21)16-11-5-2-6-12-16/h1-14,19-20H,(H,23,24)/t19-,20-/m1/s1. The van der Waals surface area contributed by atoms with Gasteiger partial charge in [0.15, 0.2) is 0 Å². The van der Waals surface area contributed by atoms with E-state index in [1.54, 1.807) is 12.1 Å². The Kier molecular flexibility index (Phi) is 3.83. The minimum atomic E-state index is -0.260. The highest BCUT2D eigenvalue weighted by Crippen LogP contribution is 2.37. The molecule has 1 N–H and O–H groups in total. The SMILES string of the molecule is Fc1ccccc1C1=N[C@H](c2ccccc2)[C@@H](c2ccccc2)N1. The van der Waals surface area contributed by atoms with Crippen LogP contribution in [0.15, 0.2) is 89.9 Å². The highest BCUT2D eigenvalue weighted by molar-refractivity contribution is 6.00. The predicted octanol–water partition coefficient (Wildman–Crippen LogP) is 4.66. The maximum absolute atomic E-state index is 14.2. The van der Waals surface area contributed by atoms with E-state index in [-0.39, 0.29) is 17.9 Å². The third-order valence-electron chi connectivity index (χ3n) is 4.30. The van der Waals surface area contributed by atoms with Crippen LogP contribution in [0.1, 0.15) is 28.8 Å². The van der Waals surface area contributed by atoms with Crippen molar-refractivity contribution in [3.05, 3.63) is 107 Å². The van der Waals surface area contributed by atoms with Crippen molar-refractivity contribution in [3.8, 4) is 0 Å². The summed E-state index contributed by atoms with van der Waals surface area (Å²) in [6, 6.07) is 27.0. The Morgan fingerprint density at radius 1 is 0.708 bits per heavy atom. The van der Waals surface area contributed by atoms with Gasteiger partial charge in [0.1, 0.15) is 17.7 Å². The summed E-state index contributed by atoms with van der Waals surface area (Å²) in [4.78, 5) is 4.81. The molecule has 3 aromatic carbocycles. The molecule has 3 heteroatoms. The van der Waals surface area contributed by atoms with Crippen molar-refractivity contribution in [1.82, 2.24) is 5.32 Å². The van der Waals surface area contributed by atoms with Crippen LogP contribution in [0, 0.1) is 5.82 Å². The maximum atomic E-state index is 14.2. The number of benzene rings is 3. The van der Waals surface area contributed by atoms with Gasteiger partial charge in [-0.15, -0.1) is 0 Å². The number of amidine groups is 1. The van der Waals surface area contributed by atoms with Gasteiger partial charge in [0.25, 0.3) is 0 Å². The Balaban J connectivity index is 1.77. The third kappa shape index (κ3) is 2.69. The topological polar surface area (TPSA) is 24.4 Å². The molecule has 4 rings (SSSR count). The summed E-state index contributed by atoms with van der Waals surface area (Å²) in [5.74, 6) is 0.347. The van der Waals surface area contributed by atoms with Crippen LogP contribution in [0.4, 0.5) is 4.39 Å². The maximum Gasteiger partial charge on any atom is 0.134 e. The van der Waals surface area contributed by atoms with Gasteiger partial charge in [-0.3, -0.25) is 4.99 Å². The highest BCUT2D eigenvalue weighted by atomic mass is 19.1. The van der Waals surface area contributed by atoms with Gasteiger partial charge >= 0.3 is 0 Å². The first-order valence-electron chi connectivity index (χ1n) is 8.02. The Morgan fingerprint density at radius 3 is 1.96 bits per heavy atom. The molecule has 0 spiro atoms. The molecule has 0 saturated heterocycles. The molecule has 2 atom stereocenters. The molecule has 3 aromatic rings. The minimum absolute atomic E-state index is 0.0109. The molecule has 0 aliphatic carbocycles. The molecule has 0 aromatic heterocycles. The lowest BCUT2D eigenvalue weighted by Crippen LogP contribution is -2.25. The van der Waals surface area contributed by atoms with Crippen molar-refractivity contribution in [2.45, 2.75) is 12.1 Å². The highest BCUT2D eigenvalue weighted by Gasteiger charge is 2.32. The van der Waals surface area contributed by atoms with E-state index in [1.807, 2.05) is 42.5 Å². The summed E-state index contributed by atoms with van der Waals surface area (Å²) in [7, 11) is 0. The fourth-order valence-corrected chi connectivity index (χ4v) is 3.12. The first kappa shape index (κ1) is 14.6. The predicted molar refractivity (Wildman–Crippen MR) is 94.4 cm³/mol. The molecule has 0 radical (unpaired) electrons. The van der Waals surface area contributed by atoms with Crippen LogP contribution in [-0.2, 0) is 0 Å². The van der Waals surface area contributed by atoms with E-state index in [4.69, 9.17) is 4.99 Å². The summed E-state index contributed by atoms with van der Waals surface area (Å²) in [5, 5.41) is 3.42. The smallest absolute Gasteiger partial charge is 0.134 e. The zero-order chi connectivity index (χ0) is 16.4. The number of hydrogen-bond donors (Lipinski definition) is 1. The number of halogens is 1.